The van der Waals surface area contributed by atoms with Crippen molar-refractivity contribution in [3.63, 3.8) is 0 Å². The van der Waals surface area contributed by atoms with Crippen LogP contribution < -0.4 is 5.32 Å². The number of rotatable bonds is 7. The molecule has 102 valence electrons. The average molecular weight is 272 g/mol. The predicted octanol–water partition coefficient (Wildman–Crippen LogP) is 4.44. The van der Waals surface area contributed by atoms with E-state index < -0.39 is 0 Å². The van der Waals surface area contributed by atoms with Crippen LogP contribution in [0.5, 0.6) is 0 Å². The zero-order chi connectivity index (χ0) is 13.5. The average Bonchev–Trinajstić information content (AvgIpc) is 2.34. The van der Waals surface area contributed by atoms with Crippen molar-refractivity contribution in [1.29, 1.82) is 0 Å². The summed E-state index contributed by atoms with van der Waals surface area (Å²) in [4.78, 5) is 0. The van der Waals surface area contributed by atoms with Gasteiger partial charge in [-0.25, -0.2) is 4.39 Å². The molecule has 1 N–H and O–H groups in total. The maximum absolute atomic E-state index is 13.8. The van der Waals surface area contributed by atoms with E-state index in [4.69, 9.17) is 11.6 Å². The molecule has 0 aliphatic heterocycles. The molecule has 0 bridgehead atoms. The first-order chi connectivity index (χ1) is 8.62. The van der Waals surface area contributed by atoms with E-state index in [-0.39, 0.29) is 5.82 Å². The summed E-state index contributed by atoms with van der Waals surface area (Å²) >= 11 is 5.78. The molecule has 0 amide bonds. The molecule has 1 rings (SSSR count). The van der Waals surface area contributed by atoms with Crippen molar-refractivity contribution >= 4 is 11.6 Å². The summed E-state index contributed by atoms with van der Waals surface area (Å²) in [5, 5.41) is 3.93. The monoisotopic (exact) mass is 271 g/mol. The van der Waals surface area contributed by atoms with Crippen LogP contribution in [0.4, 0.5) is 4.39 Å². The molecule has 1 atom stereocenters. The van der Waals surface area contributed by atoms with Crippen LogP contribution in [0.2, 0.25) is 5.02 Å². The molecule has 0 saturated carbocycles. The van der Waals surface area contributed by atoms with Crippen LogP contribution in [0, 0.1) is 11.7 Å². The number of likely N-dealkylation sites (N-methyl/N-ethyl adjacent to an activating group) is 1. The Morgan fingerprint density at radius 3 is 2.39 bits per heavy atom. The second kappa shape index (κ2) is 7.75. The van der Waals surface area contributed by atoms with Crippen LogP contribution in [0.1, 0.15) is 39.2 Å². The van der Waals surface area contributed by atoms with Crippen LogP contribution in [0.25, 0.3) is 0 Å². The molecule has 1 aromatic rings. The summed E-state index contributed by atoms with van der Waals surface area (Å²) in [6.07, 6.45) is 2.95. The molecule has 3 heteroatoms. The lowest BCUT2D eigenvalue weighted by Gasteiger charge is -2.26. The van der Waals surface area contributed by atoms with E-state index in [1.54, 1.807) is 12.1 Å². The first-order valence-electron chi connectivity index (χ1n) is 6.79. The molecule has 0 radical (unpaired) electrons. The maximum Gasteiger partial charge on any atom is 0.127 e. The zero-order valence-electron chi connectivity index (χ0n) is 11.5. The Bertz CT molecular complexity index is 364. The Balaban J connectivity index is 2.82. The largest absolute Gasteiger partial charge is 0.314 e. The van der Waals surface area contributed by atoms with E-state index in [1.165, 1.54) is 6.07 Å². The van der Waals surface area contributed by atoms with Crippen molar-refractivity contribution in [3.05, 3.63) is 34.6 Å². The van der Waals surface area contributed by atoms with Crippen molar-refractivity contribution < 1.29 is 4.39 Å². The van der Waals surface area contributed by atoms with Gasteiger partial charge in [-0.05, 0) is 36.6 Å². The minimum Gasteiger partial charge on any atom is -0.314 e. The molecule has 18 heavy (non-hydrogen) atoms. The predicted molar refractivity (Wildman–Crippen MR) is 76.7 cm³/mol. The van der Waals surface area contributed by atoms with Gasteiger partial charge in [-0.15, -0.1) is 0 Å². The van der Waals surface area contributed by atoms with Gasteiger partial charge in [0.2, 0.25) is 0 Å². The van der Waals surface area contributed by atoms with Gasteiger partial charge in [0.05, 0.1) is 0 Å². The molecule has 1 aromatic carbocycles. The fourth-order valence-electron chi connectivity index (χ4n) is 2.45. The highest BCUT2D eigenvalue weighted by Crippen LogP contribution is 2.21. The van der Waals surface area contributed by atoms with Crippen molar-refractivity contribution in [2.24, 2.45) is 5.92 Å². The Hall–Kier alpha value is -0.600. The number of benzene rings is 1. The van der Waals surface area contributed by atoms with E-state index in [1.807, 2.05) is 0 Å². The first-order valence-corrected chi connectivity index (χ1v) is 7.17. The molecule has 0 aliphatic carbocycles. The van der Waals surface area contributed by atoms with Gasteiger partial charge >= 0.3 is 0 Å². The van der Waals surface area contributed by atoms with Gasteiger partial charge in [0.25, 0.3) is 0 Å². The number of halogens is 2. The summed E-state index contributed by atoms with van der Waals surface area (Å²) < 4.78 is 13.8. The van der Waals surface area contributed by atoms with E-state index in [0.717, 1.165) is 31.4 Å². The summed E-state index contributed by atoms with van der Waals surface area (Å²) in [5.41, 5.74) is 0.747. The molecule has 0 aliphatic rings. The molecule has 1 nitrogen and oxygen atoms in total. The molecular formula is C15H23ClFN. The van der Waals surface area contributed by atoms with Gasteiger partial charge in [0.15, 0.2) is 0 Å². The molecule has 0 spiro atoms. The van der Waals surface area contributed by atoms with Gasteiger partial charge in [-0.1, -0.05) is 51.3 Å². The normalized spacial score (nSPS) is 13.0. The highest BCUT2D eigenvalue weighted by molar-refractivity contribution is 6.30. The Labute approximate surface area is 115 Å². The Morgan fingerprint density at radius 1 is 1.22 bits per heavy atom. The minimum atomic E-state index is -0.198. The van der Waals surface area contributed by atoms with E-state index in [9.17, 15) is 4.39 Å². The zero-order valence-corrected chi connectivity index (χ0v) is 12.2. The summed E-state index contributed by atoms with van der Waals surface area (Å²) in [7, 11) is 0. The van der Waals surface area contributed by atoms with Crippen molar-refractivity contribution in [2.75, 3.05) is 6.54 Å². The molecule has 1 unspecified atom stereocenters. The number of hydrogen-bond acceptors (Lipinski definition) is 1. The van der Waals surface area contributed by atoms with Crippen molar-refractivity contribution in [2.45, 2.75) is 46.1 Å². The second-order valence-electron chi connectivity index (χ2n) is 4.68. The molecule has 0 aromatic heterocycles. The summed E-state index contributed by atoms with van der Waals surface area (Å²) in [6, 6.07) is 5.29. The third-order valence-corrected chi connectivity index (χ3v) is 3.77. The third-order valence-electron chi connectivity index (χ3n) is 3.54. The topological polar surface area (TPSA) is 12.0 Å². The minimum absolute atomic E-state index is 0.198. The SMILES string of the molecule is CCNC(Cc1ccc(Cl)cc1F)C(CC)CC. The lowest BCUT2D eigenvalue weighted by molar-refractivity contribution is 0.334. The first kappa shape index (κ1) is 15.5. The molecular weight excluding hydrogens is 249 g/mol. The number of nitrogens with one attached hydrogen (secondary N) is 1. The quantitative estimate of drug-likeness (QED) is 0.773. The fraction of sp³-hybridized carbons (Fsp3) is 0.600. The van der Waals surface area contributed by atoms with Gasteiger partial charge in [-0.2, -0.15) is 0 Å². The van der Waals surface area contributed by atoms with Gasteiger partial charge in [0.1, 0.15) is 5.82 Å². The van der Waals surface area contributed by atoms with Crippen LogP contribution in [0.15, 0.2) is 18.2 Å². The van der Waals surface area contributed by atoms with Gasteiger partial charge in [0, 0.05) is 11.1 Å². The summed E-state index contributed by atoms with van der Waals surface area (Å²) in [5.74, 6) is 0.386. The van der Waals surface area contributed by atoms with Crippen LogP contribution >= 0.6 is 11.6 Å². The van der Waals surface area contributed by atoms with Crippen LogP contribution in [0.3, 0.4) is 0 Å². The van der Waals surface area contributed by atoms with E-state index in [2.05, 4.69) is 26.1 Å². The van der Waals surface area contributed by atoms with Crippen LogP contribution in [-0.4, -0.2) is 12.6 Å². The summed E-state index contributed by atoms with van der Waals surface area (Å²) in [6.45, 7) is 7.39. The Morgan fingerprint density at radius 2 is 1.89 bits per heavy atom. The third kappa shape index (κ3) is 4.25. The molecule has 0 fully saturated rings. The molecule has 0 saturated heterocycles. The maximum atomic E-state index is 13.8. The highest BCUT2D eigenvalue weighted by Gasteiger charge is 2.19. The number of hydrogen-bond donors (Lipinski definition) is 1. The lowest BCUT2D eigenvalue weighted by atomic mass is 9.89. The molecule has 0 heterocycles. The lowest BCUT2D eigenvalue weighted by Crippen LogP contribution is -2.37. The second-order valence-corrected chi connectivity index (χ2v) is 5.12. The smallest absolute Gasteiger partial charge is 0.127 e. The highest BCUT2D eigenvalue weighted by atomic mass is 35.5. The standard InChI is InChI=1S/C15H23ClFN/c1-4-11(5-2)15(18-6-3)9-12-7-8-13(16)10-14(12)17/h7-8,10-11,15,18H,4-6,9H2,1-3H3. The van der Waals surface area contributed by atoms with E-state index in [0.29, 0.717) is 17.0 Å². The Kier molecular flexibility index (Phi) is 6.66. The van der Waals surface area contributed by atoms with Gasteiger partial charge < -0.3 is 5.32 Å². The van der Waals surface area contributed by atoms with Crippen molar-refractivity contribution in [1.82, 2.24) is 5.32 Å². The fourth-order valence-corrected chi connectivity index (χ4v) is 2.61. The van der Waals surface area contributed by atoms with Crippen molar-refractivity contribution in [3.8, 4) is 0 Å². The van der Waals surface area contributed by atoms with E-state index >= 15 is 0 Å². The van der Waals surface area contributed by atoms with Crippen LogP contribution in [-0.2, 0) is 6.42 Å². The van der Waals surface area contributed by atoms with Gasteiger partial charge in [-0.3, -0.25) is 0 Å².